The van der Waals surface area contributed by atoms with E-state index in [0.29, 0.717) is 19.7 Å². The Hall–Kier alpha value is -0.920. The van der Waals surface area contributed by atoms with Crippen molar-refractivity contribution in [2.24, 2.45) is 5.92 Å². The van der Waals surface area contributed by atoms with Gasteiger partial charge < -0.3 is 4.74 Å². The van der Waals surface area contributed by atoms with Crippen LogP contribution in [-0.4, -0.2) is 48.4 Å². The lowest BCUT2D eigenvalue weighted by atomic mass is 9.84. The molecule has 1 aromatic rings. The molecule has 2 aliphatic heterocycles. The van der Waals surface area contributed by atoms with Crippen molar-refractivity contribution in [1.82, 2.24) is 14.5 Å². The number of aromatic amines is 1. The minimum atomic E-state index is -3.26. The Labute approximate surface area is 125 Å². The summed E-state index contributed by atoms with van der Waals surface area (Å²) < 4.78 is 32.4. The summed E-state index contributed by atoms with van der Waals surface area (Å²) in [4.78, 5) is 0. The largest absolute Gasteiger partial charge is 0.381 e. The number of fused-ring (bicyclic) bond motifs is 1. The van der Waals surface area contributed by atoms with Crippen molar-refractivity contribution in [3.63, 3.8) is 0 Å². The van der Waals surface area contributed by atoms with Gasteiger partial charge in [0.05, 0.1) is 18.6 Å². The molecular weight excluding hydrogens is 290 g/mol. The predicted molar refractivity (Wildman–Crippen MR) is 79.4 cm³/mol. The van der Waals surface area contributed by atoms with E-state index < -0.39 is 10.0 Å². The lowest BCUT2D eigenvalue weighted by Crippen LogP contribution is -2.46. The molecule has 21 heavy (non-hydrogen) atoms. The normalized spacial score (nSPS) is 26.5. The van der Waals surface area contributed by atoms with Crippen LogP contribution in [0, 0.1) is 5.92 Å². The Morgan fingerprint density at radius 2 is 2.33 bits per heavy atom. The standard InChI is InChI=1S/C14H23N3O3S/c1-14(2)10-17(7-12-6-15-16-13(12)14)21(18,19)9-11-4-3-5-20-8-11/h6,11H,3-5,7-10H2,1-2H3,(H,15,16). The number of nitrogens with one attached hydrogen (secondary N) is 1. The van der Waals surface area contributed by atoms with Gasteiger partial charge in [-0.05, 0) is 18.8 Å². The summed E-state index contributed by atoms with van der Waals surface area (Å²) in [5.74, 6) is 0.314. The van der Waals surface area contributed by atoms with Gasteiger partial charge in [-0.3, -0.25) is 5.10 Å². The third kappa shape index (κ3) is 3.00. The minimum absolute atomic E-state index is 0.123. The lowest BCUT2D eigenvalue weighted by Gasteiger charge is -2.37. The molecule has 0 spiro atoms. The number of hydrogen-bond acceptors (Lipinski definition) is 4. The summed E-state index contributed by atoms with van der Waals surface area (Å²) in [7, 11) is -3.26. The van der Waals surface area contributed by atoms with Crippen molar-refractivity contribution in [2.75, 3.05) is 25.5 Å². The van der Waals surface area contributed by atoms with E-state index in [9.17, 15) is 8.42 Å². The van der Waals surface area contributed by atoms with E-state index >= 15 is 0 Å². The van der Waals surface area contributed by atoms with Crippen molar-refractivity contribution in [1.29, 1.82) is 0 Å². The molecule has 0 aliphatic carbocycles. The maximum absolute atomic E-state index is 12.7. The average Bonchev–Trinajstić information content (AvgIpc) is 2.88. The zero-order valence-corrected chi connectivity index (χ0v) is 13.4. The molecule has 3 rings (SSSR count). The number of H-pyrrole nitrogens is 1. The van der Waals surface area contributed by atoms with E-state index in [1.165, 1.54) is 0 Å². The molecule has 0 aromatic carbocycles. The molecule has 6 nitrogen and oxygen atoms in total. The van der Waals surface area contributed by atoms with E-state index in [2.05, 4.69) is 24.0 Å². The fraction of sp³-hybridized carbons (Fsp3) is 0.786. The Bertz CT molecular complexity index is 603. The second kappa shape index (κ2) is 5.37. The third-order valence-electron chi connectivity index (χ3n) is 4.41. The van der Waals surface area contributed by atoms with E-state index in [4.69, 9.17) is 4.74 Å². The van der Waals surface area contributed by atoms with Crippen LogP contribution in [0.5, 0.6) is 0 Å². The second-order valence-electron chi connectivity index (χ2n) is 6.78. The first-order chi connectivity index (χ1) is 9.88. The molecule has 1 atom stereocenters. The molecule has 1 N–H and O–H groups in total. The summed E-state index contributed by atoms with van der Waals surface area (Å²) >= 11 is 0. The van der Waals surface area contributed by atoms with Gasteiger partial charge in [-0.2, -0.15) is 9.40 Å². The fourth-order valence-corrected chi connectivity index (χ4v) is 5.25. The van der Waals surface area contributed by atoms with Gasteiger partial charge in [0, 0.05) is 36.4 Å². The van der Waals surface area contributed by atoms with Crippen LogP contribution in [0.3, 0.4) is 0 Å². The maximum atomic E-state index is 12.7. The van der Waals surface area contributed by atoms with Gasteiger partial charge >= 0.3 is 0 Å². The van der Waals surface area contributed by atoms with Gasteiger partial charge in [0.1, 0.15) is 0 Å². The topological polar surface area (TPSA) is 75.3 Å². The molecule has 0 saturated carbocycles. The Morgan fingerprint density at radius 1 is 1.52 bits per heavy atom. The SMILES string of the molecule is CC1(C)CN(S(=O)(=O)CC2CCCOC2)Cc2cn[nH]c21. The molecule has 0 radical (unpaired) electrons. The van der Waals surface area contributed by atoms with Gasteiger partial charge in [0.25, 0.3) is 0 Å². The van der Waals surface area contributed by atoms with Crippen molar-refractivity contribution in [3.05, 3.63) is 17.5 Å². The fourth-order valence-electron chi connectivity index (χ4n) is 3.32. The first-order valence-electron chi connectivity index (χ1n) is 7.47. The molecular formula is C14H23N3O3S. The highest BCUT2D eigenvalue weighted by Crippen LogP contribution is 2.33. The summed E-state index contributed by atoms with van der Waals surface area (Å²) in [6, 6.07) is 0. The maximum Gasteiger partial charge on any atom is 0.214 e. The monoisotopic (exact) mass is 313 g/mol. The Balaban J connectivity index is 1.77. The van der Waals surface area contributed by atoms with Crippen LogP contribution in [0.25, 0.3) is 0 Å². The lowest BCUT2D eigenvalue weighted by molar-refractivity contribution is 0.0621. The summed E-state index contributed by atoms with van der Waals surface area (Å²) in [6.07, 6.45) is 3.63. The van der Waals surface area contributed by atoms with Gasteiger partial charge in [-0.25, -0.2) is 8.42 Å². The van der Waals surface area contributed by atoms with E-state index in [-0.39, 0.29) is 17.1 Å². The second-order valence-corrected chi connectivity index (χ2v) is 8.80. The zero-order chi connectivity index (χ0) is 15.1. The molecule has 1 saturated heterocycles. The molecule has 7 heteroatoms. The van der Waals surface area contributed by atoms with Gasteiger partial charge in [0.2, 0.25) is 10.0 Å². The molecule has 0 amide bonds. The van der Waals surface area contributed by atoms with Crippen molar-refractivity contribution in [2.45, 2.75) is 38.6 Å². The molecule has 3 heterocycles. The average molecular weight is 313 g/mol. The van der Waals surface area contributed by atoms with Gasteiger partial charge in [-0.1, -0.05) is 13.8 Å². The number of sulfonamides is 1. The summed E-state index contributed by atoms with van der Waals surface area (Å²) in [5.41, 5.74) is 1.80. The molecule has 118 valence electrons. The molecule has 1 fully saturated rings. The summed E-state index contributed by atoms with van der Waals surface area (Å²) in [6.45, 7) is 6.34. The van der Waals surface area contributed by atoms with Crippen LogP contribution in [0.4, 0.5) is 0 Å². The Kier molecular flexibility index (Phi) is 3.83. The number of aromatic nitrogens is 2. The quantitative estimate of drug-likeness (QED) is 0.911. The molecule has 1 aromatic heterocycles. The highest BCUT2D eigenvalue weighted by molar-refractivity contribution is 7.89. The Morgan fingerprint density at radius 3 is 3.05 bits per heavy atom. The number of nitrogens with zero attached hydrogens (tertiary/aromatic N) is 2. The zero-order valence-electron chi connectivity index (χ0n) is 12.6. The minimum Gasteiger partial charge on any atom is -0.381 e. The van der Waals surface area contributed by atoms with Gasteiger partial charge in [0.15, 0.2) is 0 Å². The molecule has 1 unspecified atom stereocenters. The highest BCUT2D eigenvalue weighted by atomic mass is 32.2. The van der Waals surface area contributed by atoms with E-state index in [1.807, 2.05) is 0 Å². The van der Waals surface area contributed by atoms with Gasteiger partial charge in [-0.15, -0.1) is 0 Å². The third-order valence-corrected chi connectivity index (χ3v) is 6.34. The molecule has 2 aliphatic rings. The van der Waals surface area contributed by atoms with Crippen LogP contribution in [-0.2, 0) is 26.7 Å². The smallest absolute Gasteiger partial charge is 0.214 e. The summed E-state index contributed by atoms with van der Waals surface area (Å²) in [5, 5.41) is 7.07. The van der Waals surface area contributed by atoms with E-state index in [0.717, 1.165) is 30.7 Å². The predicted octanol–water partition coefficient (Wildman–Crippen LogP) is 1.26. The molecule has 0 bridgehead atoms. The van der Waals surface area contributed by atoms with Crippen LogP contribution in [0.2, 0.25) is 0 Å². The van der Waals surface area contributed by atoms with Crippen molar-refractivity contribution >= 4 is 10.0 Å². The van der Waals surface area contributed by atoms with Crippen LogP contribution in [0.15, 0.2) is 6.20 Å². The van der Waals surface area contributed by atoms with Crippen LogP contribution >= 0.6 is 0 Å². The van der Waals surface area contributed by atoms with Crippen LogP contribution in [0.1, 0.15) is 37.9 Å². The highest BCUT2D eigenvalue weighted by Gasteiger charge is 2.39. The number of ether oxygens (including phenoxy) is 1. The van der Waals surface area contributed by atoms with Crippen LogP contribution < -0.4 is 0 Å². The van der Waals surface area contributed by atoms with E-state index in [1.54, 1.807) is 10.5 Å². The van der Waals surface area contributed by atoms with Crippen molar-refractivity contribution < 1.29 is 13.2 Å². The first kappa shape index (κ1) is 15.0. The number of hydrogen-bond donors (Lipinski definition) is 1. The first-order valence-corrected chi connectivity index (χ1v) is 9.08. The number of rotatable bonds is 3. The van der Waals surface area contributed by atoms with Crippen molar-refractivity contribution in [3.8, 4) is 0 Å².